The van der Waals surface area contributed by atoms with E-state index in [0.29, 0.717) is 19.6 Å². The molecular formula is C11H19N3O2. The molecule has 1 aromatic heterocycles. The second-order valence-corrected chi connectivity index (χ2v) is 3.63. The molecule has 0 bridgehead atoms. The molecule has 0 atom stereocenters. The molecule has 1 heterocycles. The molecule has 0 unspecified atom stereocenters. The number of aromatic nitrogens is 2. The van der Waals surface area contributed by atoms with Crippen LogP contribution in [0.15, 0.2) is 6.07 Å². The number of carbonyl (C=O) groups is 1. The Hall–Kier alpha value is -1.36. The summed E-state index contributed by atoms with van der Waals surface area (Å²) in [5.74, 6) is -0.156. The highest BCUT2D eigenvalue weighted by Crippen LogP contribution is 2.00. The number of rotatable bonds is 6. The quantitative estimate of drug-likeness (QED) is 0.574. The van der Waals surface area contributed by atoms with Crippen molar-refractivity contribution in [2.45, 2.75) is 26.8 Å². The van der Waals surface area contributed by atoms with E-state index in [0.717, 1.165) is 17.9 Å². The second-order valence-electron chi connectivity index (χ2n) is 3.63. The van der Waals surface area contributed by atoms with Crippen molar-refractivity contribution >= 4 is 5.97 Å². The molecule has 0 spiro atoms. The van der Waals surface area contributed by atoms with Crippen LogP contribution >= 0.6 is 0 Å². The highest BCUT2D eigenvalue weighted by Gasteiger charge is 2.03. The summed E-state index contributed by atoms with van der Waals surface area (Å²) in [6, 6.07) is 2.03. The molecule has 0 fully saturated rings. The molecule has 5 nitrogen and oxygen atoms in total. The van der Waals surface area contributed by atoms with Crippen molar-refractivity contribution in [2.24, 2.45) is 7.05 Å². The lowest BCUT2D eigenvalue weighted by Gasteiger charge is -2.04. The highest BCUT2D eigenvalue weighted by atomic mass is 16.5. The molecule has 0 radical (unpaired) electrons. The lowest BCUT2D eigenvalue weighted by Crippen LogP contribution is -2.20. The zero-order chi connectivity index (χ0) is 12.0. The van der Waals surface area contributed by atoms with Crippen LogP contribution in [0.25, 0.3) is 0 Å². The molecule has 0 amide bonds. The van der Waals surface area contributed by atoms with Gasteiger partial charge in [0.15, 0.2) is 0 Å². The van der Waals surface area contributed by atoms with Crippen LogP contribution in [0.1, 0.15) is 24.7 Å². The van der Waals surface area contributed by atoms with Crippen LogP contribution in [0.5, 0.6) is 0 Å². The number of nitrogens with zero attached hydrogens (tertiary/aromatic N) is 2. The van der Waals surface area contributed by atoms with E-state index in [9.17, 15) is 4.79 Å². The summed E-state index contributed by atoms with van der Waals surface area (Å²) >= 11 is 0. The molecule has 90 valence electrons. The maximum absolute atomic E-state index is 11.0. The average molecular weight is 225 g/mol. The Morgan fingerprint density at radius 1 is 1.62 bits per heavy atom. The number of aryl methyl sites for hydroxylation is 2. The minimum atomic E-state index is -0.156. The van der Waals surface area contributed by atoms with Crippen LogP contribution in [0.4, 0.5) is 0 Å². The highest BCUT2D eigenvalue weighted by molar-refractivity contribution is 5.69. The van der Waals surface area contributed by atoms with Gasteiger partial charge >= 0.3 is 5.97 Å². The fourth-order valence-corrected chi connectivity index (χ4v) is 1.47. The van der Waals surface area contributed by atoms with Gasteiger partial charge in [0.25, 0.3) is 0 Å². The van der Waals surface area contributed by atoms with Gasteiger partial charge in [-0.3, -0.25) is 9.48 Å². The molecule has 1 aromatic rings. The third kappa shape index (κ3) is 4.02. The van der Waals surface area contributed by atoms with Gasteiger partial charge in [-0.15, -0.1) is 0 Å². The average Bonchev–Trinajstić information content (AvgIpc) is 2.53. The van der Waals surface area contributed by atoms with Crippen LogP contribution in [0, 0.1) is 6.92 Å². The minimum Gasteiger partial charge on any atom is -0.466 e. The molecule has 0 aliphatic carbocycles. The lowest BCUT2D eigenvalue weighted by atomic mass is 10.3. The van der Waals surface area contributed by atoms with Crippen molar-refractivity contribution in [2.75, 3.05) is 13.2 Å². The second kappa shape index (κ2) is 6.27. The number of carbonyl (C=O) groups excluding carboxylic acids is 1. The first kappa shape index (κ1) is 12.7. The smallest absolute Gasteiger partial charge is 0.307 e. The summed E-state index contributed by atoms with van der Waals surface area (Å²) in [5.41, 5.74) is 2.12. The van der Waals surface area contributed by atoms with Crippen molar-refractivity contribution in [3.8, 4) is 0 Å². The van der Waals surface area contributed by atoms with Crippen LogP contribution in [0.3, 0.4) is 0 Å². The van der Waals surface area contributed by atoms with Gasteiger partial charge in [0, 0.05) is 20.1 Å². The molecule has 0 saturated carbocycles. The van der Waals surface area contributed by atoms with E-state index in [1.165, 1.54) is 0 Å². The zero-order valence-electron chi connectivity index (χ0n) is 10.1. The third-order valence-corrected chi connectivity index (χ3v) is 2.22. The van der Waals surface area contributed by atoms with Gasteiger partial charge in [0.1, 0.15) is 0 Å². The molecule has 5 heteroatoms. The van der Waals surface area contributed by atoms with Gasteiger partial charge in [-0.05, 0) is 19.9 Å². The van der Waals surface area contributed by atoms with Gasteiger partial charge in [-0.1, -0.05) is 0 Å². The first-order valence-corrected chi connectivity index (χ1v) is 5.49. The van der Waals surface area contributed by atoms with Gasteiger partial charge < -0.3 is 10.1 Å². The topological polar surface area (TPSA) is 56.1 Å². The number of ether oxygens (including phenoxy) is 1. The lowest BCUT2D eigenvalue weighted by molar-refractivity contribution is -0.142. The van der Waals surface area contributed by atoms with Crippen LogP contribution in [0.2, 0.25) is 0 Å². The monoisotopic (exact) mass is 225 g/mol. The SMILES string of the molecule is CCOC(=O)CCNCc1cc(C)nn1C. The zero-order valence-corrected chi connectivity index (χ0v) is 10.1. The Bertz CT molecular complexity index is 347. The van der Waals surface area contributed by atoms with Crippen LogP contribution in [-0.2, 0) is 23.1 Å². The number of esters is 1. The number of hydrogen-bond acceptors (Lipinski definition) is 4. The molecule has 0 saturated heterocycles. The Balaban J connectivity index is 2.21. The Morgan fingerprint density at radius 2 is 2.38 bits per heavy atom. The largest absolute Gasteiger partial charge is 0.466 e. The van der Waals surface area contributed by atoms with E-state index in [2.05, 4.69) is 10.4 Å². The van der Waals surface area contributed by atoms with Crippen molar-refractivity contribution in [3.05, 3.63) is 17.5 Å². The fraction of sp³-hybridized carbons (Fsp3) is 0.636. The van der Waals surface area contributed by atoms with Gasteiger partial charge in [0.2, 0.25) is 0 Å². The van der Waals surface area contributed by atoms with E-state index < -0.39 is 0 Å². The summed E-state index contributed by atoms with van der Waals surface area (Å²) < 4.78 is 6.67. The predicted molar refractivity (Wildman–Crippen MR) is 60.9 cm³/mol. The van der Waals surface area contributed by atoms with Crippen molar-refractivity contribution in [3.63, 3.8) is 0 Å². The van der Waals surface area contributed by atoms with Crippen LogP contribution in [-0.4, -0.2) is 28.9 Å². The van der Waals surface area contributed by atoms with Crippen molar-refractivity contribution < 1.29 is 9.53 Å². The molecule has 0 aromatic carbocycles. The van der Waals surface area contributed by atoms with Gasteiger partial charge in [0.05, 0.1) is 24.4 Å². The normalized spacial score (nSPS) is 10.4. The van der Waals surface area contributed by atoms with E-state index >= 15 is 0 Å². The van der Waals surface area contributed by atoms with E-state index in [1.807, 2.05) is 31.6 Å². The van der Waals surface area contributed by atoms with Crippen LogP contribution < -0.4 is 5.32 Å². The standard InChI is InChI=1S/C11H19N3O2/c1-4-16-11(15)5-6-12-8-10-7-9(2)13-14(10)3/h7,12H,4-6,8H2,1-3H3. The van der Waals surface area contributed by atoms with E-state index in [1.54, 1.807) is 0 Å². The molecule has 0 aliphatic rings. The summed E-state index contributed by atoms with van der Waals surface area (Å²) in [5, 5.41) is 7.42. The molecule has 1 rings (SSSR count). The molecular weight excluding hydrogens is 206 g/mol. The Kier molecular flexibility index (Phi) is 4.98. The third-order valence-electron chi connectivity index (χ3n) is 2.22. The molecule has 0 aliphatic heterocycles. The van der Waals surface area contributed by atoms with E-state index in [4.69, 9.17) is 4.74 Å². The predicted octanol–water partition coefficient (Wildman–Crippen LogP) is 0.771. The fourth-order valence-electron chi connectivity index (χ4n) is 1.47. The first-order chi connectivity index (χ1) is 7.63. The summed E-state index contributed by atoms with van der Waals surface area (Å²) in [7, 11) is 1.91. The maximum atomic E-state index is 11.0. The van der Waals surface area contributed by atoms with E-state index in [-0.39, 0.29) is 5.97 Å². The summed E-state index contributed by atoms with van der Waals surface area (Å²) in [6.07, 6.45) is 0.407. The minimum absolute atomic E-state index is 0.156. The van der Waals surface area contributed by atoms with Gasteiger partial charge in [-0.25, -0.2) is 0 Å². The Morgan fingerprint density at radius 3 is 2.94 bits per heavy atom. The molecule has 16 heavy (non-hydrogen) atoms. The van der Waals surface area contributed by atoms with Gasteiger partial charge in [-0.2, -0.15) is 5.10 Å². The number of nitrogens with one attached hydrogen (secondary N) is 1. The van der Waals surface area contributed by atoms with Crippen molar-refractivity contribution in [1.82, 2.24) is 15.1 Å². The first-order valence-electron chi connectivity index (χ1n) is 5.49. The molecule has 1 N–H and O–H groups in total. The Labute approximate surface area is 95.8 Å². The summed E-state index contributed by atoms with van der Waals surface area (Å²) in [6.45, 7) is 5.56. The van der Waals surface area contributed by atoms with Crippen molar-refractivity contribution in [1.29, 1.82) is 0 Å². The summed E-state index contributed by atoms with van der Waals surface area (Å²) in [4.78, 5) is 11.0. The number of hydrogen-bond donors (Lipinski definition) is 1. The maximum Gasteiger partial charge on any atom is 0.307 e.